The van der Waals surface area contributed by atoms with Crippen LogP contribution in [-0.4, -0.2) is 35.8 Å². The van der Waals surface area contributed by atoms with Crippen LogP contribution in [0.2, 0.25) is 5.02 Å². The van der Waals surface area contributed by atoms with Crippen LogP contribution in [0.25, 0.3) is 0 Å². The van der Waals surface area contributed by atoms with Gasteiger partial charge < -0.3 is 9.80 Å². The van der Waals surface area contributed by atoms with Gasteiger partial charge in [0.2, 0.25) is 11.8 Å². The van der Waals surface area contributed by atoms with E-state index in [1.807, 2.05) is 32.0 Å². The molecule has 1 aromatic rings. The van der Waals surface area contributed by atoms with Crippen LogP contribution in [0.15, 0.2) is 18.2 Å². The maximum atomic E-state index is 12.7. The Kier molecular flexibility index (Phi) is 4.13. The zero-order valence-electron chi connectivity index (χ0n) is 13.0. The molecule has 0 spiro atoms. The number of carbonyl (C=O) groups is 2. The second-order valence-corrected chi connectivity index (χ2v) is 6.69. The largest absolute Gasteiger partial charge is 0.329 e. The molecule has 1 aromatic carbocycles. The molecule has 2 fully saturated rings. The molecule has 0 N–H and O–H groups in total. The fraction of sp³-hybridized carbons (Fsp3) is 0.529. The molecule has 3 rings (SSSR count). The van der Waals surface area contributed by atoms with E-state index in [1.54, 1.807) is 9.80 Å². The number of piperazine rings is 1. The highest BCUT2D eigenvalue weighted by Gasteiger charge is 2.39. The smallest absolute Gasteiger partial charge is 0.249 e. The quantitative estimate of drug-likeness (QED) is 0.840. The molecule has 1 atom stereocenters. The van der Waals surface area contributed by atoms with E-state index in [-0.39, 0.29) is 17.7 Å². The van der Waals surface area contributed by atoms with Gasteiger partial charge >= 0.3 is 0 Å². The van der Waals surface area contributed by atoms with Crippen LogP contribution < -0.4 is 4.90 Å². The van der Waals surface area contributed by atoms with Crippen molar-refractivity contribution in [2.24, 2.45) is 5.92 Å². The van der Waals surface area contributed by atoms with Crippen molar-refractivity contribution in [1.82, 2.24) is 4.90 Å². The van der Waals surface area contributed by atoms with E-state index in [4.69, 9.17) is 11.6 Å². The molecule has 4 nitrogen and oxygen atoms in total. The molecule has 0 aromatic heterocycles. The van der Waals surface area contributed by atoms with Gasteiger partial charge in [-0.2, -0.15) is 0 Å². The molecule has 5 heteroatoms. The molecule has 1 aliphatic heterocycles. The molecule has 2 amide bonds. The summed E-state index contributed by atoms with van der Waals surface area (Å²) in [6, 6.07) is 5.16. The topological polar surface area (TPSA) is 40.6 Å². The van der Waals surface area contributed by atoms with Crippen LogP contribution in [-0.2, 0) is 9.59 Å². The molecule has 0 bridgehead atoms. The van der Waals surface area contributed by atoms with E-state index < -0.39 is 6.04 Å². The van der Waals surface area contributed by atoms with Crippen molar-refractivity contribution >= 4 is 29.1 Å². The lowest BCUT2D eigenvalue weighted by atomic mass is 9.84. The third-order valence-electron chi connectivity index (χ3n) is 4.85. The number of hydrogen-bond donors (Lipinski definition) is 0. The summed E-state index contributed by atoms with van der Waals surface area (Å²) in [6.45, 7) is 4.91. The normalized spacial score (nSPS) is 22.7. The fourth-order valence-corrected chi connectivity index (χ4v) is 3.34. The summed E-state index contributed by atoms with van der Waals surface area (Å²) in [4.78, 5) is 28.7. The van der Waals surface area contributed by atoms with Crippen LogP contribution in [0.4, 0.5) is 5.69 Å². The highest BCUT2D eigenvalue weighted by atomic mass is 35.5. The summed E-state index contributed by atoms with van der Waals surface area (Å²) in [5.41, 5.74) is 1.86. The van der Waals surface area contributed by atoms with E-state index in [9.17, 15) is 9.59 Å². The van der Waals surface area contributed by atoms with Crippen LogP contribution in [0.3, 0.4) is 0 Å². The first-order valence-corrected chi connectivity index (χ1v) is 8.25. The van der Waals surface area contributed by atoms with Crippen LogP contribution in [0.5, 0.6) is 0 Å². The van der Waals surface area contributed by atoms with E-state index >= 15 is 0 Å². The summed E-state index contributed by atoms with van der Waals surface area (Å²) in [5, 5.41) is 0.619. The second kappa shape index (κ2) is 5.92. The van der Waals surface area contributed by atoms with E-state index in [0.29, 0.717) is 18.1 Å². The van der Waals surface area contributed by atoms with Crippen LogP contribution >= 0.6 is 11.6 Å². The van der Waals surface area contributed by atoms with Crippen molar-refractivity contribution in [3.05, 3.63) is 28.8 Å². The lowest BCUT2D eigenvalue weighted by Crippen LogP contribution is -2.59. The molecule has 1 heterocycles. The zero-order valence-corrected chi connectivity index (χ0v) is 13.8. The summed E-state index contributed by atoms with van der Waals surface area (Å²) in [7, 11) is 0. The van der Waals surface area contributed by atoms with Gasteiger partial charge in [-0.3, -0.25) is 9.59 Å². The van der Waals surface area contributed by atoms with Gasteiger partial charge in [0.25, 0.3) is 0 Å². The van der Waals surface area contributed by atoms with Gasteiger partial charge in [0.15, 0.2) is 0 Å². The molecule has 22 heavy (non-hydrogen) atoms. The number of amides is 2. The van der Waals surface area contributed by atoms with Gasteiger partial charge in [0, 0.05) is 29.7 Å². The minimum Gasteiger partial charge on any atom is -0.329 e. The molecule has 0 radical (unpaired) electrons. The Morgan fingerprint density at radius 3 is 2.64 bits per heavy atom. The minimum atomic E-state index is -0.403. The summed E-state index contributed by atoms with van der Waals surface area (Å²) < 4.78 is 0. The molecule has 0 unspecified atom stereocenters. The van der Waals surface area contributed by atoms with Crippen molar-refractivity contribution in [2.45, 2.75) is 39.2 Å². The standard InChI is InChI=1S/C17H21ClN2O2/c1-11-6-7-14(18)10-15(11)20-9-8-19(12(2)16(20)21)17(22)13-4-3-5-13/h6-7,10,12-13H,3-5,8-9H2,1-2H3/t12-/m0/s1. The molecule has 118 valence electrons. The van der Waals surface area contributed by atoms with Crippen molar-refractivity contribution in [1.29, 1.82) is 0 Å². The number of hydrogen-bond acceptors (Lipinski definition) is 2. The number of carbonyl (C=O) groups excluding carboxylic acids is 2. The van der Waals surface area contributed by atoms with Gasteiger partial charge in [-0.05, 0) is 44.4 Å². The molecule has 1 saturated heterocycles. The predicted molar refractivity (Wildman–Crippen MR) is 87.1 cm³/mol. The van der Waals surface area contributed by atoms with Crippen molar-refractivity contribution in [2.75, 3.05) is 18.0 Å². The Labute approximate surface area is 136 Å². The maximum absolute atomic E-state index is 12.7. The predicted octanol–water partition coefficient (Wildman–Crippen LogP) is 3.01. The minimum absolute atomic E-state index is 0.0238. The molecule has 2 aliphatic rings. The Hall–Kier alpha value is -1.55. The number of nitrogens with zero attached hydrogens (tertiary/aromatic N) is 2. The highest BCUT2D eigenvalue weighted by molar-refractivity contribution is 6.31. The first-order chi connectivity index (χ1) is 10.5. The SMILES string of the molecule is Cc1ccc(Cl)cc1N1CCN(C(=O)C2CCC2)[C@@H](C)C1=O. The first-order valence-electron chi connectivity index (χ1n) is 7.87. The Morgan fingerprint density at radius 1 is 1.27 bits per heavy atom. The number of halogens is 1. The van der Waals surface area contributed by atoms with E-state index in [2.05, 4.69) is 0 Å². The zero-order chi connectivity index (χ0) is 15.9. The maximum Gasteiger partial charge on any atom is 0.249 e. The van der Waals surface area contributed by atoms with Gasteiger partial charge in [-0.25, -0.2) is 0 Å². The molecule has 1 saturated carbocycles. The Balaban J connectivity index is 1.79. The molecular formula is C17H21ClN2O2. The fourth-order valence-electron chi connectivity index (χ4n) is 3.17. The van der Waals surface area contributed by atoms with E-state index in [1.165, 1.54) is 0 Å². The number of rotatable bonds is 2. The van der Waals surface area contributed by atoms with Crippen molar-refractivity contribution in [3.8, 4) is 0 Å². The van der Waals surface area contributed by atoms with E-state index in [0.717, 1.165) is 30.5 Å². The average Bonchev–Trinajstić information content (AvgIpc) is 2.43. The summed E-state index contributed by atoms with van der Waals surface area (Å²) in [6.07, 6.45) is 3.06. The molecule has 1 aliphatic carbocycles. The molecular weight excluding hydrogens is 300 g/mol. The van der Waals surface area contributed by atoms with Crippen molar-refractivity contribution < 1.29 is 9.59 Å². The third kappa shape index (κ3) is 2.60. The summed E-state index contributed by atoms with van der Waals surface area (Å²) >= 11 is 6.06. The van der Waals surface area contributed by atoms with Gasteiger partial charge in [0.1, 0.15) is 6.04 Å². The number of anilines is 1. The lowest BCUT2D eigenvalue weighted by molar-refractivity contribution is -0.146. The van der Waals surface area contributed by atoms with Gasteiger partial charge in [-0.15, -0.1) is 0 Å². The summed E-state index contributed by atoms with van der Waals surface area (Å²) in [5.74, 6) is 0.258. The van der Waals surface area contributed by atoms with Crippen molar-refractivity contribution in [3.63, 3.8) is 0 Å². The van der Waals surface area contributed by atoms with Gasteiger partial charge in [-0.1, -0.05) is 24.1 Å². The highest BCUT2D eigenvalue weighted by Crippen LogP contribution is 2.31. The Bertz CT molecular complexity index is 613. The Morgan fingerprint density at radius 2 is 2.00 bits per heavy atom. The first kappa shape index (κ1) is 15.3. The third-order valence-corrected chi connectivity index (χ3v) is 5.09. The van der Waals surface area contributed by atoms with Gasteiger partial charge in [0.05, 0.1) is 0 Å². The van der Waals surface area contributed by atoms with Crippen LogP contribution in [0, 0.1) is 12.8 Å². The lowest BCUT2D eigenvalue weighted by Gasteiger charge is -2.42. The second-order valence-electron chi connectivity index (χ2n) is 6.26. The number of aryl methyl sites for hydroxylation is 1. The average molecular weight is 321 g/mol. The number of benzene rings is 1. The monoisotopic (exact) mass is 320 g/mol. The van der Waals surface area contributed by atoms with Crippen LogP contribution in [0.1, 0.15) is 31.7 Å².